The van der Waals surface area contributed by atoms with Crippen molar-refractivity contribution in [2.45, 2.75) is 13.8 Å². The molecule has 0 radical (unpaired) electrons. The molecule has 0 fully saturated rings. The van der Waals surface area contributed by atoms with E-state index < -0.39 is 0 Å². The molecule has 0 aliphatic rings. The standard InChI is InChI=1S/C14H10BrNO2/c1-7-6-11-12(14(17)18-7)8(2)9-4-3-5-10(15)13(9)16-11/h3-6H,1-2H3. The fourth-order valence-corrected chi connectivity index (χ4v) is 2.67. The Kier molecular flexibility index (Phi) is 2.48. The molecule has 90 valence electrons. The first-order chi connectivity index (χ1) is 8.58. The largest absolute Gasteiger partial charge is 0.428 e. The van der Waals surface area contributed by atoms with E-state index in [2.05, 4.69) is 20.9 Å². The van der Waals surface area contributed by atoms with Gasteiger partial charge < -0.3 is 4.42 Å². The van der Waals surface area contributed by atoms with Gasteiger partial charge in [-0.05, 0) is 41.4 Å². The Morgan fingerprint density at radius 3 is 2.83 bits per heavy atom. The van der Waals surface area contributed by atoms with Gasteiger partial charge in [0.05, 0.1) is 16.4 Å². The molecule has 0 spiro atoms. The molecule has 0 N–H and O–H groups in total. The number of halogens is 1. The molecule has 3 rings (SSSR count). The lowest BCUT2D eigenvalue weighted by Crippen LogP contribution is -2.04. The number of pyridine rings is 1. The van der Waals surface area contributed by atoms with Gasteiger partial charge in [-0.25, -0.2) is 9.78 Å². The van der Waals surface area contributed by atoms with Crippen molar-refractivity contribution in [1.82, 2.24) is 4.98 Å². The summed E-state index contributed by atoms with van der Waals surface area (Å²) in [6, 6.07) is 7.63. The van der Waals surface area contributed by atoms with Crippen LogP contribution in [0.4, 0.5) is 0 Å². The highest BCUT2D eigenvalue weighted by Gasteiger charge is 2.12. The first-order valence-electron chi connectivity index (χ1n) is 5.57. The summed E-state index contributed by atoms with van der Waals surface area (Å²) in [6.07, 6.45) is 0. The van der Waals surface area contributed by atoms with E-state index in [4.69, 9.17) is 4.42 Å². The number of fused-ring (bicyclic) bond motifs is 2. The maximum Gasteiger partial charge on any atom is 0.345 e. The van der Waals surface area contributed by atoms with Gasteiger partial charge in [0.1, 0.15) is 5.76 Å². The molecule has 0 aliphatic carbocycles. The molecule has 0 aliphatic heterocycles. The number of aryl methyl sites for hydroxylation is 2. The molecule has 1 aromatic carbocycles. The predicted octanol–water partition coefficient (Wildman–Crippen LogP) is 3.72. The summed E-state index contributed by atoms with van der Waals surface area (Å²) >= 11 is 3.49. The summed E-state index contributed by atoms with van der Waals surface area (Å²) in [5.41, 5.74) is 2.13. The molecule has 3 aromatic rings. The molecule has 2 heterocycles. The molecule has 0 atom stereocenters. The third-order valence-electron chi connectivity index (χ3n) is 3.05. The summed E-state index contributed by atoms with van der Waals surface area (Å²) < 4.78 is 6.07. The minimum absolute atomic E-state index is 0.322. The van der Waals surface area contributed by atoms with Crippen LogP contribution in [-0.4, -0.2) is 4.98 Å². The van der Waals surface area contributed by atoms with Crippen LogP contribution in [0.15, 0.2) is 37.9 Å². The highest BCUT2D eigenvalue weighted by molar-refractivity contribution is 9.10. The Morgan fingerprint density at radius 1 is 1.28 bits per heavy atom. The van der Waals surface area contributed by atoms with E-state index in [9.17, 15) is 4.79 Å². The third kappa shape index (κ3) is 1.56. The highest BCUT2D eigenvalue weighted by atomic mass is 79.9. The number of hydrogen-bond acceptors (Lipinski definition) is 3. The zero-order valence-corrected chi connectivity index (χ0v) is 11.5. The van der Waals surface area contributed by atoms with Gasteiger partial charge in [0.25, 0.3) is 0 Å². The maximum absolute atomic E-state index is 11.9. The number of hydrogen-bond donors (Lipinski definition) is 0. The van der Waals surface area contributed by atoms with Crippen LogP contribution >= 0.6 is 15.9 Å². The van der Waals surface area contributed by atoms with E-state index >= 15 is 0 Å². The van der Waals surface area contributed by atoms with E-state index in [0.717, 1.165) is 20.9 Å². The second-order valence-corrected chi connectivity index (χ2v) is 5.13. The molecule has 4 heteroatoms. The van der Waals surface area contributed by atoms with E-state index in [1.54, 1.807) is 13.0 Å². The minimum Gasteiger partial charge on any atom is -0.428 e. The number of para-hydroxylation sites is 1. The maximum atomic E-state index is 11.9. The van der Waals surface area contributed by atoms with Gasteiger partial charge in [0, 0.05) is 15.9 Å². The molecular formula is C14H10BrNO2. The molecule has 0 amide bonds. The minimum atomic E-state index is -0.322. The summed E-state index contributed by atoms with van der Waals surface area (Å²) in [7, 11) is 0. The van der Waals surface area contributed by atoms with Gasteiger partial charge in [-0.3, -0.25) is 0 Å². The number of nitrogens with zero attached hydrogens (tertiary/aromatic N) is 1. The summed E-state index contributed by atoms with van der Waals surface area (Å²) in [6.45, 7) is 3.67. The van der Waals surface area contributed by atoms with Crippen molar-refractivity contribution in [2.75, 3.05) is 0 Å². The second kappa shape index (κ2) is 3.92. The lowest BCUT2D eigenvalue weighted by atomic mass is 10.1. The van der Waals surface area contributed by atoms with Crippen LogP contribution in [-0.2, 0) is 0 Å². The lowest BCUT2D eigenvalue weighted by Gasteiger charge is -2.07. The fourth-order valence-electron chi connectivity index (χ4n) is 2.22. The first kappa shape index (κ1) is 11.4. The van der Waals surface area contributed by atoms with Crippen LogP contribution in [0.5, 0.6) is 0 Å². The second-order valence-electron chi connectivity index (χ2n) is 4.28. The van der Waals surface area contributed by atoms with Gasteiger partial charge in [-0.15, -0.1) is 0 Å². The Labute approximate surface area is 112 Å². The van der Waals surface area contributed by atoms with Crippen molar-refractivity contribution in [3.8, 4) is 0 Å². The van der Waals surface area contributed by atoms with Crippen molar-refractivity contribution in [3.05, 3.63) is 50.5 Å². The number of benzene rings is 1. The zero-order valence-electron chi connectivity index (χ0n) is 9.95. The highest BCUT2D eigenvalue weighted by Crippen LogP contribution is 2.28. The van der Waals surface area contributed by atoms with Crippen LogP contribution in [0.1, 0.15) is 11.3 Å². The number of rotatable bonds is 0. The van der Waals surface area contributed by atoms with Crippen molar-refractivity contribution in [2.24, 2.45) is 0 Å². The Balaban J connectivity index is 2.65. The first-order valence-corrected chi connectivity index (χ1v) is 6.36. The van der Waals surface area contributed by atoms with Crippen molar-refractivity contribution < 1.29 is 4.42 Å². The average molecular weight is 304 g/mol. The van der Waals surface area contributed by atoms with Crippen LogP contribution in [0.3, 0.4) is 0 Å². The Morgan fingerprint density at radius 2 is 2.06 bits per heavy atom. The average Bonchev–Trinajstić information content (AvgIpc) is 2.30. The van der Waals surface area contributed by atoms with Crippen LogP contribution in [0.25, 0.3) is 21.8 Å². The van der Waals surface area contributed by atoms with Crippen molar-refractivity contribution in [1.29, 1.82) is 0 Å². The Bertz CT molecular complexity index is 836. The van der Waals surface area contributed by atoms with Gasteiger partial charge in [0.2, 0.25) is 0 Å². The zero-order chi connectivity index (χ0) is 12.9. The molecule has 2 aromatic heterocycles. The summed E-state index contributed by atoms with van der Waals surface area (Å²) in [4.78, 5) is 16.5. The molecule has 3 nitrogen and oxygen atoms in total. The molecular weight excluding hydrogens is 294 g/mol. The fraction of sp³-hybridized carbons (Fsp3) is 0.143. The third-order valence-corrected chi connectivity index (χ3v) is 3.69. The van der Waals surface area contributed by atoms with Crippen LogP contribution < -0.4 is 5.63 Å². The molecule has 0 bridgehead atoms. The van der Waals surface area contributed by atoms with Gasteiger partial charge in [-0.2, -0.15) is 0 Å². The van der Waals surface area contributed by atoms with Gasteiger partial charge in [0.15, 0.2) is 0 Å². The van der Waals surface area contributed by atoms with Crippen molar-refractivity contribution >= 4 is 37.7 Å². The predicted molar refractivity (Wildman–Crippen MR) is 75.0 cm³/mol. The topological polar surface area (TPSA) is 43.1 Å². The van der Waals surface area contributed by atoms with Gasteiger partial charge in [-0.1, -0.05) is 12.1 Å². The molecule has 0 saturated heterocycles. The normalized spacial score (nSPS) is 11.3. The van der Waals surface area contributed by atoms with Crippen LogP contribution in [0.2, 0.25) is 0 Å². The summed E-state index contributed by atoms with van der Waals surface area (Å²) in [5.74, 6) is 0.575. The van der Waals surface area contributed by atoms with Gasteiger partial charge >= 0.3 is 5.63 Å². The van der Waals surface area contributed by atoms with Crippen LogP contribution in [0, 0.1) is 13.8 Å². The smallest absolute Gasteiger partial charge is 0.345 e. The van der Waals surface area contributed by atoms with E-state index in [1.807, 2.05) is 25.1 Å². The van der Waals surface area contributed by atoms with E-state index in [-0.39, 0.29) is 5.63 Å². The van der Waals surface area contributed by atoms with E-state index in [1.165, 1.54) is 0 Å². The quantitative estimate of drug-likeness (QED) is 0.594. The number of aromatic nitrogens is 1. The lowest BCUT2D eigenvalue weighted by molar-refractivity contribution is 0.488. The monoisotopic (exact) mass is 303 g/mol. The Hall–Kier alpha value is -1.68. The van der Waals surface area contributed by atoms with E-state index in [0.29, 0.717) is 16.7 Å². The molecule has 0 unspecified atom stereocenters. The van der Waals surface area contributed by atoms with Crippen molar-refractivity contribution in [3.63, 3.8) is 0 Å². The molecule has 18 heavy (non-hydrogen) atoms. The molecule has 0 saturated carbocycles. The SMILES string of the molecule is Cc1cc2nc3c(Br)cccc3c(C)c2c(=O)o1. The summed E-state index contributed by atoms with van der Waals surface area (Å²) in [5, 5.41) is 1.53.